The van der Waals surface area contributed by atoms with Crippen LogP contribution in [0.1, 0.15) is 34.6 Å². The molecule has 0 fully saturated rings. The Kier molecular flexibility index (Phi) is 6.17. The van der Waals surface area contributed by atoms with Gasteiger partial charge < -0.3 is 4.90 Å². The predicted molar refractivity (Wildman–Crippen MR) is 61.6 cm³/mol. The van der Waals surface area contributed by atoms with Crippen molar-refractivity contribution in [2.24, 2.45) is 11.8 Å². The third-order valence-corrected chi connectivity index (χ3v) is 2.01. The molecule has 0 spiro atoms. The third kappa shape index (κ3) is 5.48. The number of hydrogen-bond donors (Lipinski definition) is 0. The summed E-state index contributed by atoms with van der Waals surface area (Å²) < 4.78 is 0. The Balaban J connectivity index is 4.31. The summed E-state index contributed by atoms with van der Waals surface area (Å²) in [5.74, 6) is 1.04. The van der Waals surface area contributed by atoms with Crippen molar-refractivity contribution < 1.29 is 4.79 Å². The zero-order valence-electron chi connectivity index (χ0n) is 9.88. The highest BCUT2D eigenvalue weighted by Crippen LogP contribution is 2.08. The molecule has 0 aromatic carbocycles. The number of alkyl halides is 1. The molecular weight excluding hydrogens is 198 g/mol. The molecule has 0 N–H and O–H groups in total. The van der Waals surface area contributed by atoms with Crippen LogP contribution in [-0.4, -0.2) is 29.3 Å². The minimum atomic E-state index is -0.410. The highest BCUT2D eigenvalue weighted by atomic mass is 35.5. The van der Waals surface area contributed by atoms with E-state index in [1.807, 2.05) is 4.90 Å². The van der Waals surface area contributed by atoms with Gasteiger partial charge in [-0.05, 0) is 18.8 Å². The zero-order valence-corrected chi connectivity index (χ0v) is 10.6. The summed E-state index contributed by atoms with van der Waals surface area (Å²) in [4.78, 5) is 13.6. The minimum absolute atomic E-state index is 0.0501. The number of carbonyl (C=O) groups excluding carboxylic acids is 1. The molecule has 0 saturated heterocycles. The second-order valence-electron chi connectivity index (χ2n) is 4.65. The summed E-state index contributed by atoms with van der Waals surface area (Å²) in [6.45, 7) is 11.8. The molecule has 14 heavy (non-hydrogen) atoms. The molecule has 2 nitrogen and oxygen atoms in total. The third-order valence-electron chi connectivity index (χ3n) is 1.82. The highest BCUT2D eigenvalue weighted by molar-refractivity contribution is 6.30. The Bertz CT molecular complexity index is 168. The van der Waals surface area contributed by atoms with E-state index in [0.717, 1.165) is 13.1 Å². The maximum absolute atomic E-state index is 11.7. The number of amides is 1. The van der Waals surface area contributed by atoms with E-state index in [4.69, 9.17) is 11.6 Å². The maximum Gasteiger partial charge on any atom is 0.240 e. The normalized spacial score (nSPS) is 13.4. The molecule has 84 valence electrons. The summed E-state index contributed by atoms with van der Waals surface area (Å²) >= 11 is 5.80. The molecule has 0 aliphatic rings. The van der Waals surface area contributed by atoms with Crippen LogP contribution in [0.5, 0.6) is 0 Å². The van der Waals surface area contributed by atoms with E-state index in [1.54, 1.807) is 6.92 Å². The van der Waals surface area contributed by atoms with Gasteiger partial charge in [-0.2, -0.15) is 0 Å². The molecule has 0 aliphatic heterocycles. The van der Waals surface area contributed by atoms with Crippen LogP contribution in [0.4, 0.5) is 0 Å². The molecule has 0 unspecified atom stereocenters. The molecule has 0 aromatic rings. The molecule has 0 bridgehead atoms. The molecule has 0 radical (unpaired) electrons. The van der Waals surface area contributed by atoms with Gasteiger partial charge in [0.2, 0.25) is 5.91 Å². The first-order valence-corrected chi connectivity index (χ1v) is 5.71. The van der Waals surface area contributed by atoms with Crippen molar-refractivity contribution in [2.75, 3.05) is 13.1 Å². The van der Waals surface area contributed by atoms with Crippen molar-refractivity contribution in [3.05, 3.63) is 0 Å². The van der Waals surface area contributed by atoms with Crippen molar-refractivity contribution in [3.63, 3.8) is 0 Å². The molecule has 1 atom stereocenters. The van der Waals surface area contributed by atoms with Crippen LogP contribution >= 0.6 is 11.6 Å². The van der Waals surface area contributed by atoms with Crippen molar-refractivity contribution in [2.45, 2.75) is 40.0 Å². The maximum atomic E-state index is 11.7. The number of halogens is 1. The summed E-state index contributed by atoms with van der Waals surface area (Å²) in [6.07, 6.45) is 0. The van der Waals surface area contributed by atoms with Crippen LogP contribution in [0.2, 0.25) is 0 Å². The summed E-state index contributed by atoms with van der Waals surface area (Å²) in [6, 6.07) is 0. The first-order chi connectivity index (χ1) is 6.34. The van der Waals surface area contributed by atoms with Gasteiger partial charge in [0.1, 0.15) is 5.38 Å². The highest BCUT2D eigenvalue weighted by Gasteiger charge is 2.19. The Morgan fingerprint density at radius 1 is 1.07 bits per heavy atom. The van der Waals surface area contributed by atoms with Gasteiger partial charge in [-0.1, -0.05) is 27.7 Å². The summed E-state index contributed by atoms with van der Waals surface area (Å²) in [5, 5.41) is -0.410. The average Bonchev–Trinajstić information content (AvgIpc) is 1.99. The number of nitrogens with zero attached hydrogens (tertiary/aromatic N) is 1. The quantitative estimate of drug-likeness (QED) is 0.652. The first-order valence-electron chi connectivity index (χ1n) is 5.27. The van der Waals surface area contributed by atoms with Gasteiger partial charge in [0.25, 0.3) is 0 Å². The summed E-state index contributed by atoms with van der Waals surface area (Å²) in [5.41, 5.74) is 0. The Morgan fingerprint density at radius 3 is 1.64 bits per heavy atom. The van der Waals surface area contributed by atoms with E-state index < -0.39 is 5.38 Å². The fourth-order valence-corrected chi connectivity index (χ4v) is 1.53. The van der Waals surface area contributed by atoms with Crippen LogP contribution < -0.4 is 0 Å². The zero-order chi connectivity index (χ0) is 11.3. The first kappa shape index (κ1) is 13.8. The van der Waals surface area contributed by atoms with Crippen LogP contribution in [-0.2, 0) is 4.79 Å². The second-order valence-corrected chi connectivity index (χ2v) is 5.30. The van der Waals surface area contributed by atoms with E-state index >= 15 is 0 Å². The van der Waals surface area contributed by atoms with Crippen molar-refractivity contribution in [3.8, 4) is 0 Å². The van der Waals surface area contributed by atoms with Gasteiger partial charge in [-0.25, -0.2) is 0 Å². The molecule has 0 heterocycles. The van der Waals surface area contributed by atoms with E-state index in [9.17, 15) is 4.79 Å². The number of hydrogen-bond acceptors (Lipinski definition) is 1. The molecule has 0 aromatic heterocycles. The lowest BCUT2D eigenvalue weighted by molar-refractivity contribution is -0.131. The standard InChI is InChI=1S/C11H22ClNO/c1-8(2)6-13(7-9(3)4)11(14)10(5)12/h8-10H,6-7H2,1-5H3/t10-/m0/s1. The number of rotatable bonds is 5. The smallest absolute Gasteiger partial charge is 0.240 e. The second kappa shape index (κ2) is 6.28. The van der Waals surface area contributed by atoms with Crippen LogP contribution in [0.3, 0.4) is 0 Å². The van der Waals surface area contributed by atoms with E-state index in [2.05, 4.69) is 27.7 Å². The van der Waals surface area contributed by atoms with Crippen molar-refractivity contribution >= 4 is 17.5 Å². The van der Waals surface area contributed by atoms with E-state index in [-0.39, 0.29) is 5.91 Å². The molecule has 0 saturated carbocycles. The topological polar surface area (TPSA) is 20.3 Å². The van der Waals surface area contributed by atoms with Crippen molar-refractivity contribution in [1.29, 1.82) is 0 Å². The van der Waals surface area contributed by atoms with Crippen molar-refractivity contribution in [1.82, 2.24) is 4.90 Å². The van der Waals surface area contributed by atoms with E-state index in [0.29, 0.717) is 11.8 Å². The minimum Gasteiger partial charge on any atom is -0.341 e. The van der Waals surface area contributed by atoms with Gasteiger partial charge in [0.05, 0.1) is 0 Å². The monoisotopic (exact) mass is 219 g/mol. The van der Waals surface area contributed by atoms with Crippen LogP contribution in [0, 0.1) is 11.8 Å². The Hall–Kier alpha value is -0.240. The lowest BCUT2D eigenvalue weighted by atomic mass is 10.1. The lowest BCUT2D eigenvalue weighted by Crippen LogP contribution is -2.40. The Labute approximate surface area is 92.6 Å². The van der Waals surface area contributed by atoms with Crippen LogP contribution in [0.15, 0.2) is 0 Å². The molecule has 3 heteroatoms. The van der Waals surface area contributed by atoms with Crippen LogP contribution in [0.25, 0.3) is 0 Å². The van der Waals surface area contributed by atoms with Gasteiger partial charge in [-0.15, -0.1) is 11.6 Å². The van der Waals surface area contributed by atoms with Gasteiger partial charge in [0.15, 0.2) is 0 Å². The molecular formula is C11H22ClNO. The predicted octanol–water partition coefficient (Wildman–Crippen LogP) is 2.75. The van der Waals surface area contributed by atoms with Gasteiger partial charge in [0, 0.05) is 13.1 Å². The van der Waals surface area contributed by atoms with E-state index in [1.165, 1.54) is 0 Å². The molecule has 0 aliphatic carbocycles. The average molecular weight is 220 g/mol. The molecule has 0 rings (SSSR count). The largest absolute Gasteiger partial charge is 0.341 e. The molecule has 1 amide bonds. The lowest BCUT2D eigenvalue weighted by Gasteiger charge is -2.27. The summed E-state index contributed by atoms with van der Waals surface area (Å²) in [7, 11) is 0. The Morgan fingerprint density at radius 2 is 1.43 bits per heavy atom. The van der Waals surface area contributed by atoms with Gasteiger partial charge in [-0.3, -0.25) is 4.79 Å². The SMILES string of the molecule is CC(C)CN(CC(C)C)C(=O)[C@H](C)Cl. The fourth-order valence-electron chi connectivity index (χ4n) is 1.39. The number of carbonyl (C=O) groups is 1. The van der Waals surface area contributed by atoms with Gasteiger partial charge >= 0.3 is 0 Å². The fraction of sp³-hybridized carbons (Fsp3) is 0.909.